The second kappa shape index (κ2) is 4.49. The summed E-state index contributed by atoms with van der Waals surface area (Å²) in [6.07, 6.45) is 0. The molecule has 0 aliphatic heterocycles. The molecule has 2 rings (SSSR count). The number of hydrogen-bond acceptors (Lipinski definition) is 4. The van der Waals surface area contributed by atoms with Crippen LogP contribution in [0.15, 0.2) is 23.6 Å². The maximum absolute atomic E-state index is 13.0. The summed E-state index contributed by atoms with van der Waals surface area (Å²) in [5, 5.41) is 6.00. The van der Waals surface area contributed by atoms with Crippen molar-refractivity contribution in [2.24, 2.45) is 0 Å². The summed E-state index contributed by atoms with van der Waals surface area (Å²) in [6, 6.07) is 4.27. The smallest absolute Gasteiger partial charge is 0.125 e. The van der Waals surface area contributed by atoms with Crippen molar-refractivity contribution in [3.8, 4) is 0 Å². The summed E-state index contributed by atoms with van der Waals surface area (Å²) in [7, 11) is 0. The Balaban J connectivity index is 2.07. The molecule has 5 heteroatoms. The van der Waals surface area contributed by atoms with Gasteiger partial charge in [0.1, 0.15) is 10.8 Å². The van der Waals surface area contributed by atoms with Crippen molar-refractivity contribution in [2.75, 3.05) is 11.1 Å². The molecular formula is C11H12FN3S. The Morgan fingerprint density at radius 3 is 3.00 bits per heavy atom. The van der Waals surface area contributed by atoms with E-state index in [4.69, 9.17) is 5.73 Å². The number of nitrogen functional groups attached to an aromatic ring is 1. The highest BCUT2D eigenvalue weighted by Crippen LogP contribution is 2.20. The van der Waals surface area contributed by atoms with E-state index in [9.17, 15) is 4.39 Å². The molecule has 84 valence electrons. The zero-order chi connectivity index (χ0) is 11.5. The molecule has 1 aromatic heterocycles. The maximum atomic E-state index is 13.0. The SMILES string of the molecule is Cc1csc(CNc2cc(F)ccc2N)n1. The Kier molecular flexibility index (Phi) is 3.05. The number of rotatable bonds is 3. The van der Waals surface area contributed by atoms with Crippen LogP contribution in [0.1, 0.15) is 10.7 Å². The van der Waals surface area contributed by atoms with Crippen LogP contribution in [0.5, 0.6) is 0 Å². The Morgan fingerprint density at radius 2 is 2.31 bits per heavy atom. The predicted molar refractivity (Wildman–Crippen MR) is 65.0 cm³/mol. The van der Waals surface area contributed by atoms with Crippen LogP contribution in [0, 0.1) is 12.7 Å². The predicted octanol–water partition coefficient (Wildman–Crippen LogP) is 2.78. The third-order valence-electron chi connectivity index (χ3n) is 2.11. The summed E-state index contributed by atoms with van der Waals surface area (Å²) in [5.74, 6) is -0.299. The normalized spacial score (nSPS) is 10.4. The van der Waals surface area contributed by atoms with Crippen molar-refractivity contribution in [1.82, 2.24) is 4.98 Å². The molecule has 0 bridgehead atoms. The fourth-order valence-corrected chi connectivity index (χ4v) is 2.05. The quantitative estimate of drug-likeness (QED) is 0.807. The minimum absolute atomic E-state index is 0.299. The number of nitrogens with one attached hydrogen (secondary N) is 1. The third kappa shape index (κ3) is 2.49. The minimum Gasteiger partial charge on any atom is -0.397 e. The van der Waals surface area contributed by atoms with Gasteiger partial charge in [0.25, 0.3) is 0 Å². The highest BCUT2D eigenvalue weighted by atomic mass is 32.1. The number of nitrogens with two attached hydrogens (primary N) is 1. The number of aromatic nitrogens is 1. The molecule has 0 unspecified atom stereocenters. The summed E-state index contributed by atoms with van der Waals surface area (Å²) < 4.78 is 13.0. The second-order valence-corrected chi connectivity index (χ2v) is 4.41. The zero-order valence-corrected chi connectivity index (χ0v) is 9.64. The first-order valence-corrected chi connectivity index (χ1v) is 5.73. The molecule has 0 saturated carbocycles. The van der Waals surface area contributed by atoms with E-state index in [1.807, 2.05) is 12.3 Å². The molecule has 0 radical (unpaired) electrons. The van der Waals surface area contributed by atoms with E-state index in [0.717, 1.165) is 10.7 Å². The molecule has 0 fully saturated rings. The Hall–Kier alpha value is -1.62. The van der Waals surface area contributed by atoms with Gasteiger partial charge in [0.2, 0.25) is 0 Å². The van der Waals surface area contributed by atoms with Crippen molar-refractivity contribution < 1.29 is 4.39 Å². The molecule has 0 spiro atoms. The lowest BCUT2D eigenvalue weighted by molar-refractivity contribution is 0.628. The van der Waals surface area contributed by atoms with Crippen molar-refractivity contribution in [3.63, 3.8) is 0 Å². The van der Waals surface area contributed by atoms with Gasteiger partial charge in [0.15, 0.2) is 0 Å². The third-order valence-corrected chi connectivity index (χ3v) is 3.08. The average Bonchev–Trinajstić information content (AvgIpc) is 2.66. The van der Waals surface area contributed by atoms with Gasteiger partial charge in [-0.2, -0.15) is 0 Å². The first-order valence-electron chi connectivity index (χ1n) is 4.85. The lowest BCUT2D eigenvalue weighted by atomic mass is 10.2. The molecule has 0 aliphatic rings. The van der Waals surface area contributed by atoms with Gasteiger partial charge in [0, 0.05) is 11.1 Å². The average molecular weight is 237 g/mol. The molecule has 16 heavy (non-hydrogen) atoms. The Bertz CT molecular complexity index is 496. The fourth-order valence-electron chi connectivity index (χ4n) is 1.34. The van der Waals surface area contributed by atoms with E-state index in [-0.39, 0.29) is 5.82 Å². The van der Waals surface area contributed by atoms with Crippen LogP contribution < -0.4 is 11.1 Å². The van der Waals surface area contributed by atoms with Gasteiger partial charge < -0.3 is 11.1 Å². The molecular weight excluding hydrogens is 225 g/mol. The Labute approximate surface area is 97.1 Å². The number of hydrogen-bond donors (Lipinski definition) is 2. The largest absolute Gasteiger partial charge is 0.397 e. The first-order chi connectivity index (χ1) is 7.65. The molecule has 1 heterocycles. The number of aryl methyl sites for hydroxylation is 1. The minimum atomic E-state index is -0.299. The van der Waals surface area contributed by atoms with Crippen LogP contribution in [0.3, 0.4) is 0 Å². The van der Waals surface area contributed by atoms with Crippen LogP contribution in [-0.4, -0.2) is 4.98 Å². The van der Waals surface area contributed by atoms with Gasteiger partial charge in [-0.05, 0) is 25.1 Å². The molecule has 0 aliphatic carbocycles. The van der Waals surface area contributed by atoms with Crippen LogP contribution in [0.4, 0.5) is 15.8 Å². The summed E-state index contributed by atoms with van der Waals surface area (Å²) in [6.45, 7) is 2.50. The van der Waals surface area contributed by atoms with Crippen LogP contribution in [-0.2, 0) is 6.54 Å². The molecule has 2 aromatic rings. The van der Waals surface area contributed by atoms with Gasteiger partial charge in [0.05, 0.1) is 17.9 Å². The van der Waals surface area contributed by atoms with Gasteiger partial charge in [-0.3, -0.25) is 0 Å². The molecule has 3 N–H and O–H groups in total. The van der Waals surface area contributed by atoms with Crippen molar-refractivity contribution in [1.29, 1.82) is 0 Å². The second-order valence-electron chi connectivity index (χ2n) is 3.47. The number of halogens is 1. The van der Waals surface area contributed by atoms with E-state index < -0.39 is 0 Å². The standard InChI is InChI=1S/C11H12FN3S/c1-7-6-16-11(15-7)5-14-10-4-8(12)2-3-9(10)13/h2-4,6,14H,5,13H2,1H3. The topological polar surface area (TPSA) is 50.9 Å². The van der Waals surface area contributed by atoms with E-state index in [0.29, 0.717) is 17.9 Å². The molecule has 0 atom stereocenters. The van der Waals surface area contributed by atoms with Crippen molar-refractivity contribution >= 4 is 22.7 Å². The molecule has 1 aromatic carbocycles. The van der Waals surface area contributed by atoms with Crippen molar-refractivity contribution in [2.45, 2.75) is 13.5 Å². The van der Waals surface area contributed by atoms with Crippen LogP contribution in [0.2, 0.25) is 0 Å². The fraction of sp³-hybridized carbons (Fsp3) is 0.182. The number of thiazole rings is 1. The van der Waals surface area contributed by atoms with E-state index in [1.54, 1.807) is 17.4 Å². The molecule has 3 nitrogen and oxygen atoms in total. The first kappa shape index (κ1) is 10.9. The number of benzene rings is 1. The Morgan fingerprint density at radius 1 is 1.50 bits per heavy atom. The van der Waals surface area contributed by atoms with Gasteiger partial charge in [-0.15, -0.1) is 11.3 Å². The summed E-state index contributed by atoms with van der Waals surface area (Å²) in [4.78, 5) is 4.30. The highest BCUT2D eigenvalue weighted by Gasteiger charge is 2.02. The zero-order valence-electron chi connectivity index (χ0n) is 8.83. The van der Waals surface area contributed by atoms with Gasteiger partial charge in [-0.1, -0.05) is 0 Å². The number of anilines is 2. The van der Waals surface area contributed by atoms with E-state index in [1.165, 1.54) is 12.1 Å². The van der Waals surface area contributed by atoms with Crippen LogP contribution >= 0.6 is 11.3 Å². The van der Waals surface area contributed by atoms with Crippen LogP contribution in [0.25, 0.3) is 0 Å². The lowest BCUT2D eigenvalue weighted by Gasteiger charge is -2.07. The maximum Gasteiger partial charge on any atom is 0.125 e. The summed E-state index contributed by atoms with van der Waals surface area (Å²) >= 11 is 1.57. The number of nitrogens with zero attached hydrogens (tertiary/aromatic N) is 1. The molecule has 0 saturated heterocycles. The van der Waals surface area contributed by atoms with Gasteiger partial charge >= 0.3 is 0 Å². The monoisotopic (exact) mass is 237 g/mol. The van der Waals surface area contributed by atoms with Gasteiger partial charge in [-0.25, -0.2) is 9.37 Å². The van der Waals surface area contributed by atoms with Crippen molar-refractivity contribution in [3.05, 3.63) is 40.1 Å². The van der Waals surface area contributed by atoms with E-state index >= 15 is 0 Å². The van der Waals surface area contributed by atoms with E-state index in [2.05, 4.69) is 10.3 Å². The lowest BCUT2D eigenvalue weighted by Crippen LogP contribution is -2.02. The summed E-state index contributed by atoms with van der Waals surface area (Å²) in [5.41, 5.74) is 7.85. The molecule has 0 amide bonds. The highest BCUT2D eigenvalue weighted by molar-refractivity contribution is 7.09.